The Hall–Kier alpha value is -2.34. The van der Waals surface area contributed by atoms with Crippen molar-refractivity contribution in [2.45, 2.75) is 32.1 Å². The minimum absolute atomic E-state index is 0.220. The van der Waals surface area contributed by atoms with Gasteiger partial charge in [0.2, 0.25) is 5.78 Å². The number of benzene rings is 1. The van der Waals surface area contributed by atoms with Gasteiger partial charge >= 0.3 is 0 Å². The van der Waals surface area contributed by atoms with Crippen LogP contribution >= 0.6 is 11.3 Å². The van der Waals surface area contributed by atoms with Gasteiger partial charge < -0.3 is 0 Å². The molecule has 4 rings (SSSR count). The minimum Gasteiger partial charge on any atom is -0.288 e. The summed E-state index contributed by atoms with van der Waals surface area (Å²) in [7, 11) is 0. The number of aryl methyl sites for hydroxylation is 2. The van der Waals surface area contributed by atoms with E-state index in [1.165, 1.54) is 47.7 Å². The second-order valence-electron chi connectivity index (χ2n) is 6.19. The van der Waals surface area contributed by atoms with Crippen LogP contribution in [0.5, 0.6) is 0 Å². The number of aromatic nitrogens is 2. The molecule has 2 heterocycles. The summed E-state index contributed by atoms with van der Waals surface area (Å²) in [5, 5.41) is 0. The summed E-state index contributed by atoms with van der Waals surface area (Å²) >= 11 is 1.65. The van der Waals surface area contributed by atoms with Gasteiger partial charge in [0, 0.05) is 16.6 Å². The topological polar surface area (TPSA) is 34.4 Å². The predicted molar refractivity (Wildman–Crippen MR) is 94.1 cm³/mol. The number of nitrogens with zero attached hydrogens (tertiary/aromatic N) is 2. The van der Waals surface area contributed by atoms with Gasteiger partial charge in [-0.25, -0.2) is 13.8 Å². The van der Waals surface area contributed by atoms with Crippen molar-refractivity contribution in [1.29, 1.82) is 0 Å². The van der Waals surface area contributed by atoms with Gasteiger partial charge in [-0.2, -0.15) is 0 Å². The first-order chi connectivity index (χ1) is 12.1. The number of carbonyl (C=O) groups is 1. The van der Waals surface area contributed by atoms with Crippen LogP contribution in [0, 0.1) is 11.6 Å². The number of ketones is 1. The molecule has 1 aliphatic rings. The minimum atomic E-state index is -0.665. The highest BCUT2D eigenvalue weighted by Crippen LogP contribution is 2.30. The Balaban J connectivity index is 1.68. The van der Waals surface area contributed by atoms with Crippen molar-refractivity contribution < 1.29 is 13.6 Å². The molecule has 0 bridgehead atoms. The van der Waals surface area contributed by atoms with Crippen molar-refractivity contribution in [2.24, 2.45) is 0 Å². The largest absolute Gasteiger partial charge is 0.288 e. The average molecular weight is 358 g/mol. The van der Waals surface area contributed by atoms with Gasteiger partial charge in [0.05, 0.1) is 6.20 Å². The summed E-state index contributed by atoms with van der Waals surface area (Å²) in [4.78, 5) is 19.1. The molecule has 0 aliphatic heterocycles. The highest BCUT2D eigenvalue weighted by atomic mass is 32.1. The number of imidazole rings is 1. The molecule has 0 radical (unpaired) electrons. The summed E-state index contributed by atoms with van der Waals surface area (Å²) in [5.74, 6) is -1.55. The van der Waals surface area contributed by atoms with Gasteiger partial charge in [-0.15, -0.1) is 11.3 Å². The highest BCUT2D eigenvalue weighted by molar-refractivity contribution is 7.17. The van der Waals surface area contributed by atoms with E-state index < -0.39 is 11.6 Å². The lowest BCUT2D eigenvalue weighted by molar-refractivity contribution is 0.104. The molecule has 0 fully saturated rings. The second kappa shape index (κ2) is 6.52. The third-order valence-corrected chi connectivity index (χ3v) is 5.57. The standard InChI is InChI=1S/C19H16F2N2OS/c20-13-8-12(9-14(21)10-13)6-7-17(24)16-11-22-19-23(16)15-4-2-1-3-5-18(15)25-19/h6-11H,1-5H2. The monoisotopic (exact) mass is 358 g/mol. The number of carbonyl (C=O) groups excluding carboxylic acids is 1. The number of hydrogen-bond donors (Lipinski definition) is 0. The fourth-order valence-electron chi connectivity index (χ4n) is 3.27. The Morgan fingerprint density at radius 2 is 1.88 bits per heavy atom. The fraction of sp³-hybridized carbons (Fsp3) is 0.263. The average Bonchev–Trinajstić information content (AvgIpc) is 3.03. The molecule has 128 valence electrons. The maximum atomic E-state index is 13.2. The van der Waals surface area contributed by atoms with Crippen LogP contribution in [0.1, 0.15) is 45.9 Å². The van der Waals surface area contributed by atoms with Crippen molar-refractivity contribution >= 4 is 28.2 Å². The van der Waals surface area contributed by atoms with Gasteiger partial charge in [-0.1, -0.05) is 12.5 Å². The van der Waals surface area contributed by atoms with E-state index in [0.29, 0.717) is 11.3 Å². The first-order valence-corrected chi connectivity index (χ1v) is 9.10. The van der Waals surface area contributed by atoms with Gasteiger partial charge in [-0.05, 0) is 49.5 Å². The fourth-order valence-corrected chi connectivity index (χ4v) is 4.45. The Labute approximate surface area is 147 Å². The van der Waals surface area contributed by atoms with Crippen LogP contribution in [-0.2, 0) is 12.8 Å². The van der Waals surface area contributed by atoms with E-state index in [1.807, 2.05) is 4.40 Å². The normalized spacial score (nSPS) is 14.8. The molecule has 0 unspecified atom stereocenters. The van der Waals surface area contributed by atoms with Crippen molar-refractivity contribution in [3.8, 4) is 0 Å². The molecular weight excluding hydrogens is 342 g/mol. The molecule has 0 atom stereocenters. The molecule has 6 heteroatoms. The van der Waals surface area contributed by atoms with Crippen LogP contribution in [0.3, 0.4) is 0 Å². The highest BCUT2D eigenvalue weighted by Gasteiger charge is 2.20. The quantitative estimate of drug-likeness (QED) is 0.381. The van der Waals surface area contributed by atoms with E-state index in [1.54, 1.807) is 17.5 Å². The van der Waals surface area contributed by atoms with E-state index >= 15 is 0 Å². The van der Waals surface area contributed by atoms with Crippen LogP contribution in [-0.4, -0.2) is 15.2 Å². The molecule has 3 nitrogen and oxygen atoms in total. The van der Waals surface area contributed by atoms with Crippen LogP contribution in [0.15, 0.2) is 30.5 Å². The van der Waals surface area contributed by atoms with Crippen molar-refractivity contribution in [3.63, 3.8) is 0 Å². The molecule has 0 amide bonds. The van der Waals surface area contributed by atoms with E-state index in [2.05, 4.69) is 4.98 Å². The molecule has 0 saturated heterocycles. The third-order valence-electron chi connectivity index (χ3n) is 4.42. The van der Waals surface area contributed by atoms with E-state index in [4.69, 9.17) is 0 Å². The molecule has 0 saturated carbocycles. The Morgan fingerprint density at radius 3 is 2.68 bits per heavy atom. The van der Waals surface area contributed by atoms with Gasteiger partial charge in [0.25, 0.3) is 0 Å². The number of thiazole rings is 1. The first kappa shape index (κ1) is 16.1. The molecule has 1 aliphatic carbocycles. The number of halogens is 2. The molecule has 2 aromatic heterocycles. The molecule has 0 spiro atoms. The van der Waals surface area contributed by atoms with Crippen molar-refractivity contribution in [3.05, 3.63) is 63.9 Å². The zero-order valence-corrected chi connectivity index (χ0v) is 14.3. The number of fused-ring (bicyclic) bond motifs is 3. The third kappa shape index (κ3) is 3.14. The van der Waals surface area contributed by atoms with E-state index in [-0.39, 0.29) is 5.78 Å². The number of allylic oxidation sites excluding steroid dienone is 1. The Kier molecular flexibility index (Phi) is 4.21. The molecule has 0 N–H and O–H groups in total. The molecule has 25 heavy (non-hydrogen) atoms. The summed E-state index contributed by atoms with van der Waals surface area (Å²) in [6.45, 7) is 0. The summed E-state index contributed by atoms with van der Waals surface area (Å²) in [6.07, 6.45) is 9.83. The molecule has 3 aromatic rings. The SMILES string of the molecule is O=C(C=Cc1cc(F)cc(F)c1)c1cnc2sc3c(n12)CCCCC3. The van der Waals surface area contributed by atoms with Crippen molar-refractivity contribution in [2.75, 3.05) is 0 Å². The van der Waals surface area contributed by atoms with Crippen LogP contribution in [0.25, 0.3) is 11.0 Å². The summed E-state index contributed by atoms with van der Waals surface area (Å²) in [6, 6.07) is 3.19. The lowest BCUT2D eigenvalue weighted by Gasteiger charge is -2.02. The van der Waals surface area contributed by atoms with E-state index in [9.17, 15) is 13.6 Å². The second-order valence-corrected chi connectivity index (χ2v) is 7.26. The van der Waals surface area contributed by atoms with Crippen LogP contribution in [0.4, 0.5) is 8.78 Å². The van der Waals surface area contributed by atoms with Gasteiger partial charge in [0.15, 0.2) is 4.96 Å². The Bertz CT molecular complexity index is 967. The lowest BCUT2D eigenvalue weighted by Crippen LogP contribution is -2.03. The van der Waals surface area contributed by atoms with Gasteiger partial charge in [0.1, 0.15) is 17.3 Å². The number of rotatable bonds is 3. The summed E-state index contributed by atoms with van der Waals surface area (Å²) < 4.78 is 28.4. The summed E-state index contributed by atoms with van der Waals surface area (Å²) in [5.41, 5.74) is 2.00. The first-order valence-electron chi connectivity index (χ1n) is 8.28. The molecular formula is C19H16F2N2OS. The predicted octanol–water partition coefficient (Wildman–Crippen LogP) is 4.84. The lowest BCUT2D eigenvalue weighted by atomic mass is 10.1. The molecule has 1 aromatic carbocycles. The zero-order chi connectivity index (χ0) is 17.4. The zero-order valence-electron chi connectivity index (χ0n) is 13.5. The van der Waals surface area contributed by atoms with Crippen molar-refractivity contribution in [1.82, 2.24) is 9.38 Å². The Morgan fingerprint density at radius 1 is 1.12 bits per heavy atom. The van der Waals surface area contributed by atoms with Crippen LogP contribution < -0.4 is 0 Å². The number of hydrogen-bond acceptors (Lipinski definition) is 3. The van der Waals surface area contributed by atoms with E-state index in [0.717, 1.165) is 30.3 Å². The smallest absolute Gasteiger partial charge is 0.204 e. The van der Waals surface area contributed by atoms with Crippen LogP contribution in [0.2, 0.25) is 0 Å². The maximum absolute atomic E-state index is 13.2. The maximum Gasteiger partial charge on any atom is 0.204 e. The van der Waals surface area contributed by atoms with Gasteiger partial charge in [-0.3, -0.25) is 9.20 Å².